The maximum Gasteiger partial charge on any atom is 0.227 e. The van der Waals surface area contributed by atoms with E-state index in [0.717, 1.165) is 24.1 Å². The standard InChI is InChI=1S/C13H18N2O/c1-9(14)11-7-2-3-8-12(11)15-13(16)10-5-4-6-10/h2-3,7-10H,4-6,14H2,1H3,(H,15,16). The van der Waals surface area contributed by atoms with E-state index < -0.39 is 0 Å². The lowest BCUT2D eigenvalue weighted by Crippen LogP contribution is -2.28. The second-order valence-corrected chi connectivity index (χ2v) is 4.49. The van der Waals surface area contributed by atoms with E-state index in [2.05, 4.69) is 5.32 Å². The van der Waals surface area contributed by atoms with E-state index in [-0.39, 0.29) is 17.9 Å². The molecule has 2 rings (SSSR count). The Kier molecular flexibility index (Phi) is 3.25. The van der Waals surface area contributed by atoms with Crippen molar-refractivity contribution in [1.82, 2.24) is 0 Å². The van der Waals surface area contributed by atoms with Crippen molar-refractivity contribution in [2.75, 3.05) is 5.32 Å². The Hall–Kier alpha value is -1.35. The number of amides is 1. The van der Waals surface area contributed by atoms with Crippen LogP contribution in [-0.4, -0.2) is 5.91 Å². The lowest BCUT2D eigenvalue weighted by molar-refractivity contribution is -0.122. The smallest absolute Gasteiger partial charge is 0.227 e. The van der Waals surface area contributed by atoms with Crippen LogP contribution in [0.4, 0.5) is 5.69 Å². The topological polar surface area (TPSA) is 55.1 Å². The van der Waals surface area contributed by atoms with E-state index in [4.69, 9.17) is 5.73 Å². The zero-order valence-electron chi connectivity index (χ0n) is 9.57. The molecule has 1 fully saturated rings. The lowest BCUT2D eigenvalue weighted by Gasteiger charge is -2.25. The SMILES string of the molecule is CC(N)c1ccccc1NC(=O)C1CCC1. The molecule has 3 heteroatoms. The molecule has 3 N–H and O–H groups in total. The highest BCUT2D eigenvalue weighted by atomic mass is 16.1. The summed E-state index contributed by atoms with van der Waals surface area (Å²) in [7, 11) is 0. The Labute approximate surface area is 96.0 Å². The Morgan fingerprint density at radius 1 is 1.44 bits per heavy atom. The average Bonchev–Trinajstić information content (AvgIpc) is 2.15. The molecule has 0 aliphatic heterocycles. The summed E-state index contributed by atoms with van der Waals surface area (Å²) in [5.74, 6) is 0.348. The molecular formula is C13H18N2O. The second-order valence-electron chi connectivity index (χ2n) is 4.49. The van der Waals surface area contributed by atoms with Crippen LogP contribution in [0.15, 0.2) is 24.3 Å². The Balaban J connectivity index is 2.10. The summed E-state index contributed by atoms with van der Waals surface area (Å²) in [6, 6.07) is 7.67. The molecule has 1 amide bonds. The number of para-hydroxylation sites is 1. The van der Waals surface area contributed by atoms with Gasteiger partial charge in [-0.25, -0.2) is 0 Å². The van der Waals surface area contributed by atoms with E-state index in [1.165, 1.54) is 6.42 Å². The van der Waals surface area contributed by atoms with Crippen LogP contribution in [0, 0.1) is 5.92 Å². The van der Waals surface area contributed by atoms with Gasteiger partial charge in [0.25, 0.3) is 0 Å². The van der Waals surface area contributed by atoms with Crippen LogP contribution >= 0.6 is 0 Å². The maximum atomic E-state index is 11.8. The van der Waals surface area contributed by atoms with E-state index in [0.29, 0.717) is 0 Å². The number of benzene rings is 1. The van der Waals surface area contributed by atoms with Crippen molar-refractivity contribution >= 4 is 11.6 Å². The molecule has 1 aliphatic rings. The first-order valence-corrected chi connectivity index (χ1v) is 5.84. The molecule has 1 saturated carbocycles. The molecule has 0 spiro atoms. The first-order valence-electron chi connectivity index (χ1n) is 5.84. The minimum absolute atomic E-state index is 0.0575. The van der Waals surface area contributed by atoms with Gasteiger partial charge in [0.05, 0.1) is 0 Å². The predicted octanol–water partition coefficient (Wildman–Crippen LogP) is 2.44. The first-order chi connectivity index (χ1) is 7.68. The Morgan fingerprint density at radius 3 is 2.69 bits per heavy atom. The van der Waals surface area contributed by atoms with Gasteiger partial charge in [-0.2, -0.15) is 0 Å². The molecule has 0 radical (unpaired) electrons. The predicted molar refractivity (Wildman–Crippen MR) is 65.0 cm³/mol. The summed E-state index contributed by atoms with van der Waals surface area (Å²) < 4.78 is 0. The quantitative estimate of drug-likeness (QED) is 0.818. The van der Waals surface area contributed by atoms with Crippen LogP contribution < -0.4 is 11.1 Å². The van der Waals surface area contributed by atoms with Gasteiger partial charge in [0, 0.05) is 17.6 Å². The number of hydrogen-bond acceptors (Lipinski definition) is 2. The number of hydrogen-bond donors (Lipinski definition) is 2. The molecule has 1 aliphatic carbocycles. The summed E-state index contributed by atoms with van der Waals surface area (Å²) in [5.41, 5.74) is 7.71. The van der Waals surface area contributed by atoms with Crippen LogP contribution in [0.1, 0.15) is 37.8 Å². The highest BCUT2D eigenvalue weighted by Crippen LogP contribution is 2.29. The van der Waals surface area contributed by atoms with E-state index in [1.54, 1.807) is 0 Å². The monoisotopic (exact) mass is 218 g/mol. The molecule has 16 heavy (non-hydrogen) atoms. The maximum absolute atomic E-state index is 11.8. The van der Waals surface area contributed by atoms with Crippen LogP contribution in [0.3, 0.4) is 0 Å². The lowest BCUT2D eigenvalue weighted by atomic mass is 9.84. The summed E-state index contributed by atoms with van der Waals surface area (Å²) in [6.45, 7) is 1.92. The second kappa shape index (κ2) is 4.66. The van der Waals surface area contributed by atoms with Crippen LogP contribution in [-0.2, 0) is 4.79 Å². The van der Waals surface area contributed by atoms with E-state index >= 15 is 0 Å². The van der Waals surface area contributed by atoms with Gasteiger partial charge in [-0.3, -0.25) is 4.79 Å². The van der Waals surface area contributed by atoms with Gasteiger partial charge >= 0.3 is 0 Å². The van der Waals surface area contributed by atoms with Crippen LogP contribution in [0.25, 0.3) is 0 Å². The van der Waals surface area contributed by atoms with E-state index in [1.807, 2.05) is 31.2 Å². The number of nitrogens with two attached hydrogens (primary N) is 1. The highest BCUT2D eigenvalue weighted by molar-refractivity contribution is 5.93. The number of carbonyl (C=O) groups is 1. The summed E-state index contributed by atoms with van der Waals surface area (Å²) >= 11 is 0. The third kappa shape index (κ3) is 2.25. The molecule has 1 atom stereocenters. The fourth-order valence-electron chi connectivity index (χ4n) is 1.91. The third-order valence-corrected chi connectivity index (χ3v) is 3.19. The molecule has 1 unspecified atom stereocenters. The molecule has 0 aromatic heterocycles. The van der Waals surface area contributed by atoms with Gasteiger partial charge in [-0.15, -0.1) is 0 Å². The summed E-state index contributed by atoms with van der Waals surface area (Å²) in [6.07, 6.45) is 3.21. The molecule has 1 aromatic carbocycles. The molecule has 0 bridgehead atoms. The number of rotatable bonds is 3. The van der Waals surface area contributed by atoms with Crippen molar-refractivity contribution in [3.05, 3.63) is 29.8 Å². The molecule has 0 heterocycles. The highest BCUT2D eigenvalue weighted by Gasteiger charge is 2.25. The summed E-state index contributed by atoms with van der Waals surface area (Å²) in [5, 5.41) is 2.97. The van der Waals surface area contributed by atoms with Gasteiger partial charge in [-0.05, 0) is 31.4 Å². The number of carbonyl (C=O) groups excluding carboxylic acids is 1. The van der Waals surface area contributed by atoms with E-state index in [9.17, 15) is 4.79 Å². The Morgan fingerprint density at radius 2 is 2.12 bits per heavy atom. The van der Waals surface area contributed by atoms with Crippen molar-refractivity contribution in [2.24, 2.45) is 11.7 Å². The van der Waals surface area contributed by atoms with Gasteiger partial charge in [-0.1, -0.05) is 24.6 Å². The molecule has 1 aromatic rings. The van der Waals surface area contributed by atoms with Gasteiger partial charge in [0.1, 0.15) is 0 Å². The normalized spacial score (nSPS) is 17.6. The largest absolute Gasteiger partial charge is 0.326 e. The zero-order chi connectivity index (χ0) is 11.5. The minimum Gasteiger partial charge on any atom is -0.326 e. The molecule has 0 saturated heterocycles. The molecule has 3 nitrogen and oxygen atoms in total. The zero-order valence-corrected chi connectivity index (χ0v) is 9.57. The third-order valence-electron chi connectivity index (χ3n) is 3.19. The number of nitrogens with one attached hydrogen (secondary N) is 1. The van der Waals surface area contributed by atoms with Crippen molar-refractivity contribution in [2.45, 2.75) is 32.2 Å². The van der Waals surface area contributed by atoms with Crippen LogP contribution in [0.2, 0.25) is 0 Å². The first kappa shape index (κ1) is 11.1. The summed E-state index contributed by atoms with van der Waals surface area (Å²) in [4.78, 5) is 11.8. The van der Waals surface area contributed by atoms with Gasteiger partial charge in [0.2, 0.25) is 5.91 Å². The fraction of sp³-hybridized carbons (Fsp3) is 0.462. The van der Waals surface area contributed by atoms with Crippen molar-refractivity contribution in [3.63, 3.8) is 0 Å². The van der Waals surface area contributed by atoms with Crippen LogP contribution in [0.5, 0.6) is 0 Å². The molecule has 86 valence electrons. The number of anilines is 1. The van der Waals surface area contributed by atoms with Crippen molar-refractivity contribution < 1.29 is 4.79 Å². The Bertz CT molecular complexity index is 383. The van der Waals surface area contributed by atoms with Gasteiger partial charge < -0.3 is 11.1 Å². The average molecular weight is 218 g/mol. The minimum atomic E-state index is -0.0575. The van der Waals surface area contributed by atoms with Crippen molar-refractivity contribution in [1.29, 1.82) is 0 Å². The van der Waals surface area contributed by atoms with Gasteiger partial charge in [0.15, 0.2) is 0 Å². The fourth-order valence-corrected chi connectivity index (χ4v) is 1.91. The molecular weight excluding hydrogens is 200 g/mol. The van der Waals surface area contributed by atoms with Crippen molar-refractivity contribution in [3.8, 4) is 0 Å².